The van der Waals surface area contributed by atoms with E-state index in [4.69, 9.17) is 4.74 Å². The number of amides is 1. The van der Waals surface area contributed by atoms with Crippen molar-refractivity contribution < 1.29 is 9.53 Å². The number of nitrogens with zero attached hydrogens (tertiary/aromatic N) is 1. The summed E-state index contributed by atoms with van der Waals surface area (Å²) in [5.41, 5.74) is 0. The van der Waals surface area contributed by atoms with E-state index in [9.17, 15) is 4.79 Å². The van der Waals surface area contributed by atoms with Crippen molar-refractivity contribution in [2.45, 2.75) is 44.8 Å². The minimum atomic E-state index is 0.355. The minimum absolute atomic E-state index is 0.355. The fraction of sp³-hybridized carbons (Fsp3) is 0.909. The van der Waals surface area contributed by atoms with E-state index < -0.39 is 0 Å². The van der Waals surface area contributed by atoms with Crippen molar-refractivity contribution in [2.24, 2.45) is 5.92 Å². The first-order chi connectivity index (χ1) is 6.72. The molecule has 0 aromatic heterocycles. The molecule has 1 aliphatic carbocycles. The Morgan fingerprint density at radius 1 is 1.36 bits per heavy atom. The Balaban J connectivity index is 1.90. The monoisotopic (exact) mass is 197 g/mol. The molecule has 1 heterocycles. The van der Waals surface area contributed by atoms with Gasteiger partial charge in [0, 0.05) is 25.6 Å². The highest BCUT2D eigenvalue weighted by Gasteiger charge is 2.37. The number of carbonyl (C=O) groups excluding carboxylic acids is 1. The summed E-state index contributed by atoms with van der Waals surface area (Å²) in [6.45, 7) is 3.01. The number of hydrogen-bond donors (Lipinski definition) is 0. The van der Waals surface area contributed by atoms with Crippen molar-refractivity contribution in [1.29, 1.82) is 0 Å². The molecule has 2 atom stereocenters. The van der Waals surface area contributed by atoms with E-state index in [1.54, 1.807) is 7.11 Å². The molecule has 0 bridgehead atoms. The van der Waals surface area contributed by atoms with Gasteiger partial charge in [0.2, 0.25) is 5.91 Å². The Morgan fingerprint density at radius 2 is 2.07 bits per heavy atom. The lowest BCUT2D eigenvalue weighted by atomic mass is 10.00. The second-order valence-electron chi connectivity index (χ2n) is 4.54. The molecule has 2 unspecified atom stereocenters. The van der Waals surface area contributed by atoms with Crippen molar-refractivity contribution in [2.75, 3.05) is 13.7 Å². The highest BCUT2D eigenvalue weighted by Crippen LogP contribution is 2.33. The minimum Gasteiger partial charge on any atom is -0.381 e. The summed E-state index contributed by atoms with van der Waals surface area (Å²) in [5.74, 6) is 0.739. The zero-order chi connectivity index (χ0) is 10.1. The van der Waals surface area contributed by atoms with E-state index in [-0.39, 0.29) is 0 Å². The SMILES string of the molecule is COC1CCN(C(=O)C2CC2)C(C)C1. The molecule has 80 valence electrons. The largest absolute Gasteiger partial charge is 0.381 e. The summed E-state index contributed by atoms with van der Waals surface area (Å²) in [5, 5.41) is 0. The molecule has 0 spiro atoms. The molecule has 14 heavy (non-hydrogen) atoms. The Hall–Kier alpha value is -0.570. The van der Waals surface area contributed by atoms with Crippen LogP contribution < -0.4 is 0 Å². The van der Waals surface area contributed by atoms with Crippen LogP contribution in [-0.4, -0.2) is 36.6 Å². The molecule has 3 nitrogen and oxygen atoms in total. The van der Waals surface area contributed by atoms with Crippen LogP contribution in [0.1, 0.15) is 32.6 Å². The summed E-state index contributed by atoms with van der Waals surface area (Å²) in [6.07, 6.45) is 4.56. The quantitative estimate of drug-likeness (QED) is 0.670. The number of ether oxygens (including phenoxy) is 1. The molecule has 3 heteroatoms. The van der Waals surface area contributed by atoms with Crippen LogP contribution in [0.5, 0.6) is 0 Å². The fourth-order valence-electron chi connectivity index (χ4n) is 2.24. The van der Waals surface area contributed by atoms with Gasteiger partial charge >= 0.3 is 0 Å². The van der Waals surface area contributed by atoms with Gasteiger partial charge in [-0.05, 0) is 32.6 Å². The topological polar surface area (TPSA) is 29.5 Å². The van der Waals surface area contributed by atoms with Gasteiger partial charge in [-0.15, -0.1) is 0 Å². The average Bonchev–Trinajstić information content (AvgIpc) is 3.00. The first kappa shape index (κ1) is 9.97. The molecule has 2 fully saturated rings. The lowest BCUT2D eigenvalue weighted by Crippen LogP contribution is -2.47. The van der Waals surface area contributed by atoms with Crippen LogP contribution in [0.2, 0.25) is 0 Å². The highest BCUT2D eigenvalue weighted by molar-refractivity contribution is 5.81. The summed E-state index contributed by atoms with van der Waals surface area (Å²) >= 11 is 0. The number of likely N-dealkylation sites (tertiary alicyclic amines) is 1. The fourth-order valence-corrected chi connectivity index (χ4v) is 2.24. The lowest BCUT2D eigenvalue weighted by molar-refractivity contribution is -0.137. The number of rotatable bonds is 2. The molecular weight excluding hydrogens is 178 g/mol. The maximum absolute atomic E-state index is 11.9. The van der Waals surface area contributed by atoms with Crippen molar-refractivity contribution in [1.82, 2.24) is 4.90 Å². The number of carbonyl (C=O) groups is 1. The number of methoxy groups -OCH3 is 1. The van der Waals surface area contributed by atoms with Crippen LogP contribution >= 0.6 is 0 Å². The van der Waals surface area contributed by atoms with Crippen LogP contribution in [0.3, 0.4) is 0 Å². The third kappa shape index (κ3) is 1.92. The van der Waals surface area contributed by atoms with Crippen molar-refractivity contribution in [3.63, 3.8) is 0 Å². The molecule has 1 amide bonds. The molecule has 1 saturated heterocycles. The Kier molecular flexibility index (Phi) is 2.77. The predicted molar refractivity (Wildman–Crippen MR) is 53.9 cm³/mol. The van der Waals surface area contributed by atoms with Crippen LogP contribution in [0.25, 0.3) is 0 Å². The summed E-state index contributed by atoms with van der Waals surface area (Å²) in [6, 6.07) is 0.363. The van der Waals surface area contributed by atoms with E-state index >= 15 is 0 Å². The van der Waals surface area contributed by atoms with E-state index in [2.05, 4.69) is 6.92 Å². The van der Waals surface area contributed by atoms with Crippen molar-refractivity contribution >= 4 is 5.91 Å². The second kappa shape index (κ2) is 3.89. The molecule has 2 rings (SSSR count). The van der Waals surface area contributed by atoms with Crippen LogP contribution in [0.4, 0.5) is 0 Å². The van der Waals surface area contributed by atoms with Crippen LogP contribution in [0.15, 0.2) is 0 Å². The standard InChI is InChI=1S/C11H19NO2/c1-8-7-10(14-2)5-6-12(8)11(13)9-3-4-9/h8-10H,3-7H2,1-2H3. The van der Waals surface area contributed by atoms with Crippen LogP contribution in [-0.2, 0) is 9.53 Å². The molecule has 0 aromatic carbocycles. The van der Waals surface area contributed by atoms with Gasteiger partial charge in [-0.25, -0.2) is 0 Å². The van der Waals surface area contributed by atoms with Gasteiger partial charge in [-0.2, -0.15) is 0 Å². The number of piperidine rings is 1. The van der Waals surface area contributed by atoms with Gasteiger partial charge in [0.15, 0.2) is 0 Å². The normalized spacial score (nSPS) is 33.1. The molecule has 0 radical (unpaired) electrons. The molecule has 1 saturated carbocycles. The van der Waals surface area contributed by atoms with Gasteiger partial charge in [-0.1, -0.05) is 0 Å². The lowest BCUT2D eigenvalue weighted by Gasteiger charge is -2.37. The third-order valence-corrected chi connectivity index (χ3v) is 3.37. The zero-order valence-corrected chi connectivity index (χ0v) is 9.03. The van der Waals surface area contributed by atoms with E-state index in [0.29, 0.717) is 24.0 Å². The van der Waals surface area contributed by atoms with Gasteiger partial charge in [0.05, 0.1) is 6.10 Å². The summed E-state index contributed by atoms with van der Waals surface area (Å²) < 4.78 is 5.33. The summed E-state index contributed by atoms with van der Waals surface area (Å²) in [7, 11) is 1.76. The Labute approximate surface area is 85.4 Å². The maximum atomic E-state index is 11.9. The van der Waals surface area contributed by atoms with Crippen molar-refractivity contribution in [3.8, 4) is 0 Å². The first-order valence-electron chi connectivity index (χ1n) is 5.55. The van der Waals surface area contributed by atoms with Gasteiger partial charge in [0.1, 0.15) is 0 Å². The Morgan fingerprint density at radius 3 is 2.57 bits per heavy atom. The van der Waals surface area contributed by atoms with Gasteiger partial charge in [0.25, 0.3) is 0 Å². The zero-order valence-electron chi connectivity index (χ0n) is 9.03. The number of hydrogen-bond acceptors (Lipinski definition) is 2. The Bertz CT molecular complexity index is 225. The molecule has 0 aromatic rings. The average molecular weight is 197 g/mol. The van der Waals surface area contributed by atoms with Gasteiger partial charge < -0.3 is 9.64 Å². The van der Waals surface area contributed by atoms with E-state index in [1.165, 1.54) is 0 Å². The van der Waals surface area contributed by atoms with Gasteiger partial charge in [-0.3, -0.25) is 4.79 Å². The third-order valence-electron chi connectivity index (χ3n) is 3.37. The van der Waals surface area contributed by atoms with Crippen LogP contribution in [0, 0.1) is 5.92 Å². The maximum Gasteiger partial charge on any atom is 0.225 e. The smallest absolute Gasteiger partial charge is 0.225 e. The predicted octanol–water partition coefficient (Wildman–Crippen LogP) is 1.42. The van der Waals surface area contributed by atoms with Crippen molar-refractivity contribution in [3.05, 3.63) is 0 Å². The first-order valence-corrected chi connectivity index (χ1v) is 5.55. The second-order valence-corrected chi connectivity index (χ2v) is 4.54. The van der Waals surface area contributed by atoms with E-state index in [0.717, 1.165) is 32.2 Å². The highest BCUT2D eigenvalue weighted by atomic mass is 16.5. The molecular formula is C11H19NO2. The molecule has 0 N–H and O–H groups in total. The summed E-state index contributed by atoms with van der Waals surface area (Å²) in [4.78, 5) is 13.9. The molecule has 1 aliphatic heterocycles. The van der Waals surface area contributed by atoms with E-state index in [1.807, 2.05) is 4.90 Å². The molecule has 2 aliphatic rings.